The molecule has 134 valence electrons. The second kappa shape index (κ2) is 8.43. The number of methoxy groups -OCH3 is 1. The standard InChI is InChI=1S/C17H16FN5O2S/c1-11-10-26-15(21-11)8-20-23-16-14(18)7-19-17(22-16)25-9-12-4-3-5-13(6-12)24-2/h3-7,10H,8-9H2,1-2H3. The summed E-state index contributed by atoms with van der Waals surface area (Å²) in [6.07, 6.45) is 1.01. The number of benzene rings is 1. The Balaban J connectivity index is 1.64. The Morgan fingerprint density at radius 2 is 2.15 bits per heavy atom. The van der Waals surface area contributed by atoms with Crippen molar-refractivity contribution < 1.29 is 13.9 Å². The fourth-order valence-corrected chi connectivity index (χ4v) is 2.72. The minimum Gasteiger partial charge on any atom is -0.497 e. The molecule has 2 heterocycles. The molecule has 0 bridgehead atoms. The van der Waals surface area contributed by atoms with Crippen LogP contribution >= 0.6 is 11.3 Å². The lowest BCUT2D eigenvalue weighted by molar-refractivity contribution is 0.279. The predicted octanol–water partition coefficient (Wildman–Crippen LogP) is 4.25. The van der Waals surface area contributed by atoms with E-state index < -0.39 is 5.82 Å². The molecule has 3 rings (SSSR count). The Bertz CT molecular complexity index is 916. The fraction of sp³-hybridized carbons (Fsp3) is 0.235. The summed E-state index contributed by atoms with van der Waals surface area (Å²) in [5, 5.41) is 10.5. The van der Waals surface area contributed by atoms with Crippen LogP contribution in [0.15, 0.2) is 46.1 Å². The van der Waals surface area contributed by atoms with Crippen LogP contribution < -0.4 is 9.47 Å². The van der Waals surface area contributed by atoms with E-state index in [2.05, 4.69) is 25.2 Å². The van der Waals surface area contributed by atoms with E-state index in [1.54, 1.807) is 7.11 Å². The molecule has 0 radical (unpaired) electrons. The van der Waals surface area contributed by atoms with E-state index in [1.165, 1.54) is 11.3 Å². The number of rotatable bonds is 7. The zero-order chi connectivity index (χ0) is 18.4. The number of hydrogen-bond donors (Lipinski definition) is 0. The number of halogens is 1. The van der Waals surface area contributed by atoms with Gasteiger partial charge in [-0.2, -0.15) is 10.1 Å². The van der Waals surface area contributed by atoms with Gasteiger partial charge in [-0.15, -0.1) is 16.5 Å². The highest BCUT2D eigenvalue weighted by atomic mass is 32.1. The van der Waals surface area contributed by atoms with E-state index in [4.69, 9.17) is 9.47 Å². The molecule has 0 atom stereocenters. The zero-order valence-corrected chi connectivity index (χ0v) is 15.0. The van der Waals surface area contributed by atoms with Crippen molar-refractivity contribution in [2.45, 2.75) is 20.1 Å². The lowest BCUT2D eigenvalue weighted by Crippen LogP contribution is -2.00. The van der Waals surface area contributed by atoms with Gasteiger partial charge in [-0.1, -0.05) is 12.1 Å². The van der Waals surface area contributed by atoms with E-state index in [0.29, 0.717) is 0 Å². The quantitative estimate of drug-likeness (QED) is 0.578. The van der Waals surface area contributed by atoms with E-state index in [-0.39, 0.29) is 25.0 Å². The number of ether oxygens (including phenoxy) is 2. The van der Waals surface area contributed by atoms with Crippen molar-refractivity contribution in [1.82, 2.24) is 15.0 Å². The number of aromatic nitrogens is 3. The van der Waals surface area contributed by atoms with Gasteiger partial charge in [-0.25, -0.2) is 14.4 Å². The van der Waals surface area contributed by atoms with Gasteiger partial charge in [0.05, 0.1) is 13.3 Å². The largest absolute Gasteiger partial charge is 0.497 e. The molecule has 0 fully saturated rings. The summed E-state index contributed by atoms with van der Waals surface area (Å²) in [6.45, 7) is 2.38. The first-order chi connectivity index (χ1) is 12.6. The van der Waals surface area contributed by atoms with Crippen LogP contribution in [0, 0.1) is 12.7 Å². The number of thiazole rings is 1. The third-order valence-electron chi connectivity index (χ3n) is 3.24. The van der Waals surface area contributed by atoms with Crippen LogP contribution in [0.5, 0.6) is 11.8 Å². The third kappa shape index (κ3) is 4.79. The van der Waals surface area contributed by atoms with Crippen molar-refractivity contribution in [3.63, 3.8) is 0 Å². The zero-order valence-electron chi connectivity index (χ0n) is 14.2. The summed E-state index contributed by atoms with van der Waals surface area (Å²) in [5.41, 5.74) is 1.79. The Morgan fingerprint density at radius 1 is 1.27 bits per heavy atom. The molecule has 0 unspecified atom stereocenters. The molecular weight excluding hydrogens is 357 g/mol. The summed E-state index contributed by atoms with van der Waals surface area (Å²) in [6, 6.07) is 7.42. The molecule has 0 aliphatic heterocycles. The maximum atomic E-state index is 13.8. The van der Waals surface area contributed by atoms with Crippen molar-refractivity contribution in [2.75, 3.05) is 7.11 Å². The highest BCUT2D eigenvalue weighted by Crippen LogP contribution is 2.19. The summed E-state index contributed by atoms with van der Waals surface area (Å²) in [4.78, 5) is 12.0. The van der Waals surface area contributed by atoms with Crippen LogP contribution in [0.4, 0.5) is 10.2 Å². The molecule has 26 heavy (non-hydrogen) atoms. The van der Waals surface area contributed by atoms with E-state index >= 15 is 0 Å². The van der Waals surface area contributed by atoms with Crippen molar-refractivity contribution in [3.05, 3.63) is 57.9 Å². The Labute approximate surface area is 153 Å². The van der Waals surface area contributed by atoms with Gasteiger partial charge in [0, 0.05) is 11.1 Å². The van der Waals surface area contributed by atoms with Gasteiger partial charge in [-0.3, -0.25) is 0 Å². The Morgan fingerprint density at radius 3 is 2.92 bits per heavy atom. The molecule has 0 N–H and O–H groups in total. The van der Waals surface area contributed by atoms with Crippen molar-refractivity contribution in [1.29, 1.82) is 0 Å². The molecule has 0 aliphatic rings. The van der Waals surface area contributed by atoms with E-state index in [1.807, 2.05) is 36.6 Å². The molecule has 9 heteroatoms. The monoisotopic (exact) mass is 373 g/mol. The molecule has 0 saturated heterocycles. The van der Waals surface area contributed by atoms with Crippen LogP contribution in [0.1, 0.15) is 16.3 Å². The molecule has 0 aliphatic carbocycles. The van der Waals surface area contributed by atoms with E-state index in [0.717, 1.165) is 28.2 Å². The Hall–Kier alpha value is -2.94. The number of aryl methyl sites for hydroxylation is 1. The lowest BCUT2D eigenvalue weighted by Gasteiger charge is -2.06. The average Bonchev–Trinajstić information content (AvgIpc) is 3.07. The summed E-state index contributed by atoms with van der Waals surface area (Å²) < 4.78 is 24.5. The normalized spacial score (nSPS) is 11.0. The van der Waals surface area contributed by atoms with Gasteiger partial charge in [0.15, 0.2) is 5.82 Å². The summed E-state index contributed by atoms with van der Waals surface area (Å²) in [5.74, 6) is -0.121. The van der Waals surface area contributed by atoms with Gasteiger partial charge in [0.2, 0.25) is 5.82 Å². The van der Waals surface area contributed by atoms with Gasteiger partial charge < -0.3 is 9.47 Å². The summed E-state index contributed by atoms with van der Waals surface area (Å²) >= 11 is 1.47. The highest BCUT2D eigenvalue weighted by Gasteiger charge is 2.08. The van der Waals surface area contributed by atoms with Crippen LogP contribution in [0.2, 0.25) is 0 Å². The van der Waals surface area contributed by atoms with Gasteiger partial charge in [-0.05, 0) is 24.6 Å². The van der Waals surface area contributed by atoms with Crippen LogP contribution in [-0.4, -0.2) is 22.1 Å². The number of hydrogen-bond acceptors (Lipinski definition) is 8. The maximum absolute atomic E-state index is 13.8. The second-order valence-electron chi connectivity index (χ2n) is 5.25. The fourth-order valence-electron chi connectivity index (χ4n) is 2.03. The molecule has 3 aromatic rings. The molecule has 2 aromatic heterocycles. The minimum atomic E-state index is -0.669. The van der Waals surface area contributed by atoms with Gasteiger partial charge in [0.25, 0.3) is 0 Å². The van der Waals surface area contributed by atoms with Crippen LogP contribution in [0.3, 0.4) is 0 Å². The molecule has 0 spiro atoms. The highest BCUT2D eigenvalue weighted by molar-refractivity contribution is 7.09. The number of nitrogens with zero attached hydrogens (tertiary/aromatic N) is 5. The molecule has 7 nitrogen and oxygen atoms in total. The SMILES string of the molecule is COc1cccc(COc2ncc(F)c(N=NCc3nc(C)cs3)n2)c1. The smallest absolute Gasteiger partial charge is 0.318 e. The van der Waals surface area contributed by atoms with Crippen LogP contribution in [0.25, 0.3) is 0 Å². The number of azo groups is 1. The van der Waals surface area contributed by atoms with Gasteiger partial charge in [0.1, 0.15) is 23.9 Å². The molecule has 0 saturated carbocycles. The third-order valence-corrected chi connectivity index (χ3v) is 4.19. The van der Waals surface area contributed by atoms with E-state index in [9.17, 15) is 4.39 Å². The van der Waals surface area contributed by atoms with Crippen LogP contribution in [-0.2, 0) is 13.2 Å². The first-order valence-corrected chi connectivity index (χ1v) is 8.59. The summed E-state index contributed by atoms with van der Waals surface area (Å²) in [7, 11) is 1.59. The Kier molecular flexibility index (Phi) is 5.80. The van der Waals surface area contributed by atoms with Crippen molar-refractivity contribution >= 4 is 17.2 Å². The van der Waals surface area contributed by atoms with Gasteiger partial charge >= 0.3 is 6.01 Å². The first kappa shape index (κ1) is 17.9. The first-order valence-electron chi connectivity index (χ1n) is 7.71. The van der Waals surface area contributed by atoms with Crippen molar-refractivity contribution in [3.8, 4) is 11.8 Å². The minimum absolute atomic E-state index is 0.0215. The maximum Gasteiger partial charge on any atom is 0.318 e. The topological polar surface area (TPSA) is 81.9 Å². The molecule has 1 aromatic carbocycles. The molecular formula is C17H16FN5O2S. The second-order valence-corrected chi connectivity index (χ2v) is 6.19. The average molecular weight is 373 g/mol. The molecule has 0 amide bonds. The lowest BCUT2D eigenvalue weighted by atomic mass is 10.2. The predicted molar refractivity (Wildman–Crippen MR) is 94.4 cm³/mol. The van der Waals surface area contributed by atoms with Crippen molar-refractivity contribution in [2.24, 2.45) is 10.2 Å².